The SMILES string of the molecule is c1ccc(-c2ccc(-c3cc(-c4ccc5c6c(cccc46)-c4ccccc4-5)nc(-c4ccc(-c5cccnc5)cc4)n3)cc2)cc1. The van der Waals surface area contributed by atoms with E-state index in [2.05, 4.69) is 145 Å². The van der Waals surface area contributed by atoms with Gasteiger partial charge in [0, 0.05) is 29.1 Å². The molecule has 6 aromatic carbocycles. The van der Waals surface area contributed by atoms with E-state index in [0.29, 0.717) is 5.82 Å². The van der Waals surface area contributed by atoms with E-state index < -0.39 is 0 Å². The maximum atomic E-state index is 5.22. The largest absolute Gasteiger partial charge is 0.264 e. The molecule has 0 atom stereocenters. The monoisotopic (exact) mass is 585 g/mol. The van der Waals surface area contributed by atoms with Crippen LogP contribution in [0.4, 0.5) is 0 Å². The van der Waals surface area contributed by atoms with Gasteiger partial charge in [0.15, 0.2) is 5.82 Å². The summed E-state index contributed by atoms with van der Waals surface area (Å²) in [6.07, 6.45) is 3.68. The lowest BCUT2D eigenvalue weighted by atomic mass is 9.95. The van der Waals surface area contributed by atoms with E-state index in [-0.39, 0.29) is 0 Å². The lowest BCUT2D eigenvalue weighted by Gasteiger charge is -2.13. The fourth-order valence-electron chi connectivity index (χ4n) is 6.70. The van der Waals surface area contributed by atoms with Crippen LogP contribution < -0.4 is 0 Å². The van der Waals surface area contributed by atoms with E-state index >= 15 is 0 Å². The first kappa shape index (κ1) is 26.2. The van der Waals surface area contributed by atoms with E-state index in [0.717, 1.165) is 39.2 Å². The molecule has 9 rings (SSSR count). The molecule has 0 aliphatic heterocycles. The zero-order valence-electron chi connectivity index (χ0n) is 24.9. The standard InChI is InChI=1S/C43H27N3/c1-2-8-28(9-3-1)29-15-19-31(20-16-29)40-26-41(46-43(45-40)32-21-17-30(18-22-32)33-10-7-25-44-27-33)36-23-24-39-35-12-5-4-11-34(35)37-13-6-14-38(36)42(37)39/h1-27H. The highest BCUT2D eigenvalue weighted by atomic mass is 14.9. The fourth-order valence-corrected chi connectivity index (χ4v) is 6.70. The Bertz CT molecular complexity index is 2250. The quantitative estimate of drug-likeness (QED) is 0.202. The lowest BCUT2D eigenvalue weighted by molar-refractivity contribution is 1.18. The van der Waals surface area contributed by atoms with Crippen LogP contribution in [0.25, 0.3) is 89.2 Å². The Morgan fingerprint density at radius 2 is 0.913 bits per heavy atom. The molecule has 3 heteroatoms. The minimum absolute atomic E-state index is 0.698. The molecule has 0 bridgehead atoms. The molecule has 214 valence electrons. The lowest BCUT2D eigenvalue weighted by Crippen LogP contribution is -1.97. The van der Waals surface area contributed by atoms with Gasteiger partial charge in [0.1, 0.15) is 0 Å². The Morgan fingerprint density at radius 3 is 1.65 bits per heavy atom. The molecule has 2 heterocycles. The highest BCUT2D eigenvalue weighted by molar-refractivity contribution is 6.18. The smallest absolute Gasteiger partial charge is 0.160 e. The molecule has 0 spiro atoms. The Hall–Kier alpha value is -6.19. The van der Waals surface area contributed by atoms with Gasteiger partial charge in [-0.25, -0.2) is 9.97 Å². The summed E-state index contributed by atoms with van der Waals surface area (Å²) < 4.78 is 0. The molecular weight excluding hydrogens is 558 g/mol. The van der Waals surface area contributed by atoms with Gasteiger partial charge in [-0.1, -0.05) is 140 Å². The number of hydrogen-bond acceptors (Lipinski definition) is 3. The van der Waals surface area contributed by atoms with E-state index in [1.807, 2.05) is 18.3 Å². The number of fused-ring (bicyclic) bond motifs is 3. The summed E-state index contributed by atoms with van der Waals surface area (Å²) in [7, 11) is 0. The van der Waals surface area contributed by atoms with Crippen molar-refractivity contribution in [3.63, 3.8) is 0 Å². The van der Waals surface area contributed by atoms with Crippen LogP contribution in [0.1, 0.15) is 0 Å². The van der Waals surface area contributed by atoms with E-state index in [4.69, 9.17) is 9.97 Å². The number of benzene rings is 6. The number of nitrogens with zero attached hydrogens (tertiary/aromatic N) is 3. The Labute approximate surface area is 267 Å². The first-order valence-corrected chi connectivity index (χ1v) is 15.5. The van der Waals surface area contributed by atoms with Crippen molar-refractivity contribution in [1.29, 1.82) is 0 Å². The van der Waals surface area contributed by atoms with Crippen molar-refractivity contribution in [2.24, 2.45) is 0 Å². The third-order valence-corrected chi connectivity index (χ3v) is 8.98. The molecule has 2 aromatic heterocycles. The van der Waals surface area contributed by atoms with Crippen LogP contribution in [-0.4, -0.2) is 15.0 Å². The number of aromatic nitrogens is 3. The van der Waals surface area contributed by atoms with Crippen LogP contribution in [0.5, 0.6) is 0 Å². The van der Waals surface area contributed by atoms with Gasteiger partial charge in [-0.05, 0) is 67.4 Å². The van der Waals surface area contributed by atoms with Crippen molar-refractivity contribution in [2.75, 3.05) is 0 Å². The van der Waals surface area contributed by atoms with Crippen molar-refractivity contribution in [3.05, 3.63) is 164 Å². The Morgan fingerprint density at radius 1 is 0.348 bits per heavy atom. The summed E-state index contributed by atoms with van der Waals surface area (Å²) in [5.74, 6) is 0.698. The zero-order valence-corrected chi connectivity index (χ0v) is 24.9. The number of pyridine rings is 1. The third-order valence-electron chi connectivity index (χ3n) is 8.98. The van der Waals surface area contributed by atoms with Crippen molar-refractivity contribution in [2.45, 2.75) is 0 Å². The summed E-state index contributed by atoms with van der Waals surface area (Å²) in [4.78, 5) is 14.7. The van der Waals surface area contributed by atoms with Crippen molar-refractivity contribution >= 4 is 10.8 Å². The molecule has 1 aliphatic carbocycles. The molecular formula is C43H27N3. The Balaban J connectivity index is 1.20. The fraction of sp³-hybridized carbons (Fsp3) is 0. The average molecular weight is 586 g/mol. The van der Waals surface area contributed by atoms with Crippen molar-refractivity contribution < 1.29 is 0 Å². The van der Waals surface area contributed by atoms with Gasteiger partial charge < -0.3 is 0 Å². The molecule has 46 heavy (non-hydrogen) atoms. The zero-order chi connectivity index (χ0) is 30.5. The van der Waals surface area contributed by atoms with Crippen molar-refractivity contribution in [1.82, 2.24) is 15.0 Å². The highest BCUT2D eigenvalue weighted by Crippen LogP contribution is 2.49. The first-order chi connectivity index (χ1) is 22.8. The number of hydrogen-bond donors (Lipinski definition) is 0. The van der Waals surface area contributed by atoms with Gasteiger partial charge in [-0.15, -0.1) is 0 Å². The van der Waals surface area contributed by atoms with E-state index in [1.165, 1.54) is 44.2 Å². The van der Waals surface area contributed by atoms with Crippen LogP contribution in [-0.2, 0) is 0 Å². The van der Waals surface area contributed by atoms with Gasteiger partial charge >= 0.3 is 0 Å². The average Bonchev–Trinajstić information content (AvgIpc) is 3.47. The molecule has 0 radical (unpaired) electrons. The first-order valence-electron chi connectivity index (χ1n) is 15.5. The van der Waals surface area contributed by atoms with Gasteiger partial charge in [-0.2, -0.15) is 0 Å². The summed E-state index contributed by atoms with van der Waals surface area (Å²) >= 11 is 0. The summed E-state index contributed by atoms with van der Waals surface area (Å²) in [5, 5.41) is 2.49. The molecule has 0 saturated carbocycles. The molecule has 0 N–H and O–H groups in total. The molecule has 3 nitrogen and oxygen atoms in total. The van der Waals surface area contributed by atoms with Crippen LogP contribution >= 0.6 is 0 Å². The van der Waals surface area contributed by atoms with Crippen molar-refractivity contribution in [3.8, 4) is 78.4 Å². The summed E-state index contributed by atoms with van der Waals surface area (Å²) in [5.41, 5.74) is 14.6. The molecule has 0 saturated heterocycles. The van der Waals surface area contributed by atoms with E-state index in [9.17, 15) is 0 Å². The van der Waals surface area contributed by atoms with Gasteiger partial charge in [0.25, 0.3) is 0 Å². The maximum absolute atomic E-state index is 5.22. The second kappa shape index (κ2) is 10.8. The minimum Gasteiger partial charge on any atom is -0.264 e. The predicted octanol–water partition coefficient (Wildman–Crippen LogP) is 11.0. The molecule has 8 aromatic rings. The van der Waals surface area contributed by atoms with Gasteiger partial charge in [0.05, 0.1) is 11.4 Å². The van der Waals surface area contributed by atoms with Crippen LogP contribution in [0.15, 0.2) is 164 Å². The summed E-state index contributed by atoms with van der Waals surface area (Å²) in [6.45, 7) is 0. The van der Waals surface area contributed by atoms with Crippen LogP contribution in [0.2, 0.25) is 0 Å². The van der Waals surface area contributed by atoms with Gasteiger partial charge in [-0.3, -0.25) is 4.98 Å². The van der Waals surface area contributed by atoms with Gasteiger partial charge in [0.2, 0.25) is 0 Å². The molecule has 0 unspecified atom stereocenters. The highest BCUT2D eigenvalue weighted by Gasteiger charge is 2.23. The maximum Gasteiger partial charge on any atom is 0.160 e. The topological polar surface area (TPSA) is 38.7 Å². The van der Waals surface area contributed by atoms with E-state index in [1.54, 1.807) is 6.20 Å². The van der Waals surface area contributed by atoms with Crippen LogP contribution in [0, 0.1) is 0 Å². The number of rotatable bonds is 5. The molecule has 1 aliphatic rings. The Kier molecular flexibility index (Phi) is 6.14. The molecule has 0 amide bonds. The minimum atomic E-state index is 0.698. The predicted molar refractivity (Wildman–Crippen MR) is 189 cm³/mol. The second-order valence-electron chi connectivity index (χ2n) is 11.7. The second-order valence-corrected chi connectivity index (χ2v) is 11.7. The summed E-state index contributed by atoms with van der Waals surface area (Å²) in [6, 6.07) is 53.5. The normalized spacial score (nSPS) is 11.5. The van der Waals surface area contributed by atoms with Crippen LogP contribution in [0.3, 0.4) is 0 Å². The third kappa shape index (κ3) is 4.41. The molecule has 0 fully saturated rings.